The summed E-state index contributed by atoms with van der Waals surface area (Å²) in [7, 11) is 0. The summed E-state index contributed by atoms with van der Waals surface area (Å²) in [6.07, 6.45) is 0. The van der Waals surface area contributed by atoms with Crippen LogP contribution in [-0.2, 0) is 0 Å². The number of nitrogens with zero attached hydrogens (tertiary/aromatic N) is 2. The summed E-state index contributed by atoms with van der Waals surface area (Å²) < 4.78 is 12.3. The maximum Gasteiger partial charge on any atom is 0.175 e. The van der Waals surface area contributed by atoms with Gasteiger partial charge in [-0.2, -0.15) is 0 Å². The Hall–Kier alpha value is -2.56. The average Bonchev–Trinajstić information content (AvgIpc) is 2.70. The number of ether oxygens (including phenoxy) is 2. The van der Waals surface area contributed by atoms with E-state index in [4.69, 9.17) is 42.7 Å². The number of hydrogen-bond acceptors (Lipinski definition) is 4. The second-order valence-electron chi connectivity index (χ2n) is 7.12. The second kappa shape index (κ2) is 5.97. The maximum absolute atomic E-state index is 6.70. The van der Waals surface area contributed by atoms with Crippen molar-refractivity contribution < 1.29 is 9.47 Å². The monoisotopic (exact) mass is 410 g/mol. The summed E-state index contributed by atoms with van der Waals surface area (Å²) in [6.45, 7) is 8.05. The third kappa shape index (κ3) is 2.31. The number of fused-ring (bicyclic) bond motifs is 4. The molecule has 3 aromatic rings. The van der Waals surface area contributed by atoms with E-state index in [1.54, 1.807) is 0 Å². The van der Waals surface area contributed by atoms with Crippen LogP contribution < -0.4 is 20.2 Å². The molecule has 5 rings (SSSR count). The van der Waals surface area contributed by atoms with Crippen LogP contribution in [0, 0.1) is 27.7 Å². The molecular weight excluding hydrogens is 395 g/mol. The molecule has 6 heteroatoms. The van der Waals surface area contributed by atoms with E-state index in [0.717, 1.165) is 22.3 Å². The van der Waals surface area contributed by atoms with Crippen molar-refractivity contribution in [3.05, 3.63) is 67.3 Å². The fraction of sp³-hybridized carbons (Fsp3) is 0.182. The van der Waals surface area contributed by atoms with Gasteiger partial charge >= 0.3 is 0 Å². The van der Waals surface area contributed by atoms with Crippen molar-refractivity contribution in [2.75, 3.05) is 0 Å². The first kappa shape index (κ1) is 17.5. The minimum atomic E-state index is 0.341. The lowest BCUT2D eigenvalue weighted by Crippen LogP contribution is -2.22. The van der Waals surface area contributed by atoms with Gasteiger partial charge in [0.1, 0.15) is 32.1 Å². The summed E-state index contributed by atoms with van der Waals surface area (Å²) in [5, 5.41) is 1.61. The van der Waals surface area contributed by atoms with Crippen molar-refractivity contribution in [2.24, 2.45) is 9.98 Å². The molecule has 2 aliphatic rings. The normalized spacial score (nSPS) is 13.1. The molecular formula is C22H16Cl2N2O2. The molecule has 4 nitrogen and oxygen atoms in total. The van der Waals surface area contributed by atoms with Gasteiger partial charge in [0.05, 0.1) is 0 Å². The Morgan fingerprint density at radius 3 is 1.39 bits per heavy atom. The molecule has 0 aromatic heterocycles. The first-order valence-electron chi connectivity index (χ1n) is 8.91. The Balaban J connectivity index is 1.84. The molecule has 0 radical (unpaired) electrons. The van der Waals surface area contributed by atoms with Gasteiger partial charge in [0, 0.05) is 0 Å². The fourth-order valence-electron chi connectivity index (χ4n) is 3.44. The van der Waals surface area contributed by atoms with E-state index in [9.17, 15) is 0 Å². The predicted molar refractivity (Wildman–Crippen MR) is 110 cm³/mol. The summed E-state index contributed by atoms with van der Waals surface area (Å²) in [4.78, 5) is 9.42. The summed E-state index contributed by atoms with van der Waals surface area (Å²) in [6, 6.07) is 7.85. The van der Waals surface area contributed by atoms with Gasteiger partial charge in [-0.3, -0.25) is 0 Å². The summed E-state index contributed by atoms with van der Waals surface area (Å²) in [5.74, 6) is 2.19. The molecule has 0 unspecified atom stereocenters. The van der Waals surface area contributed by atoms with Crippen LogP contribution in [0.5, 0.6) is 23.0 Å². The van der Waals surface area contributed by atoms with E-state index in [1.807, 2.05) is 52.0 Å². The SMILES string of the molecule is Cc1ccc2c(c1C)Oc1c(Cl)c3c(c(Cl)c1=N2)Oc1c(ccc(C)c1C)N=3. The van der Waals surface area contributed by atoms with Crippen LogP contribution in [0.25, 0.3) is 0 Å². The van der Waals surface area contributed by atoms with Crippen molar-refractivity contribution in [2.45, 2.75) is 27.7 Å². The number of benzene rings is 3. The predicted octanol–water partition coefficient (Wildman–Crippen LogP) is 6.34. The van der Waals surface area contributed by atoms with Crippen molar-refractivity contribution >= 4 is 34.6 Å². The third-order valence-corrected chi connectivity index (χ3v) is 6.13. The zero-order valence-electron chi connectivity index (χ0n) is 15.8. The highest BCUT2D eigenvalue weighted by molar-refractivity contribution is 6.35. The lowest BCUT2D eigenvalue weighted by Gasteiger charge is -2.23. The topological polar surface area (TPSA) is 43.2 Å². The Morgan fingerprint density at radius 1 is 0.607 bits per heavy atom. The van der Waals surface area contributed by atoms with Crippen LogP contribution >= 0.6 is 23.2 Å². The number of halogens is 2. The third-order valence-electron chi connectivity index (χ3n) is 5.43. The lowest BCUT2D eigenvalue weighted by molar-refractivity contribution is 0.447. The highest BCUT2D eigenvalue weighted by atomic mass is 35.5. The van der Waals surface area contributed by atoms with Crippen LogP contribution in [0.3, 0.4) is 0 Å². The molecule has 0 N–H and O–H groups in total. The molecule has 0 bridgehead atoms. The maximum atomic E-state index is 6.70. The molecule has 28 heavy (non-hydrogen) atoms. The quantitative estimate of drug-likeness (QED) is 0.298. The van der Waals surface area contributed by atoms with Crippen molar-refractivity contribution in [3.63, 3.8) is 0 Å². The lowest BCUT2D eigenvalue weighted by atomic mass is 10.1. The zero-order valence-corrected chi connectivity index (χ0v) is 17.3. The number of rotatable bonds is 0. The van der Waals surface area contributed by atoms with E-state index in [1.165, 1.54) is 0 Å². The van der Waals surface area contributed by atoms with Crippen molar-refractivity contribution in [1.29, 1.82) is 0 Å². The van der Waals surface area contributed by atoms with Gasteiger partial charge < -0.3 is 9.47 Å². The van der Waals surface area contributed by atoms with E-state index >= 15 is 0 Å². The highest BCUT2D eigenvalue weighted by Crippen LogP contribution is 2.45. The van der Waals surface area contributed by atoms with Crippen LogP contribution in [-0.4, -0.2) is 0 Å². The molecule has 0 saturated carbocycles. The number of aryl methyl sites for hydroxylation is 2. The first-order valence-corrected chi connectivity index (χ1v) is 9.67. The van der Waals surface area contributed by atoms with Gasteiger partial charge in [-0.1, -0.05) is 35.3 Å². The van der Waals surface area contributed by atoms with Gasteiger partial charge in [0.25, 0.3) is 0 Å². The van der Waals surface area contributed by atoms with Crippen LogP contribution in [0.15, 0.2) is 34.3 Å². The molecule has 0 atom stereocenters. The minimum absolute atomic E-state index is 0.341. The van der Waals surface area contributed by atoms with Crippen LogP contribution in [0.1, 0.15) is 22.3 Å². The van der Waals surface area contributed by atoms with E-state index in [-0.39, 0.29) is 0 Å². The highest BCUT2D eigenvalue weighted by Gasteiger charge is 2.28. The Labute approximate surface area is 172 Å². The largest absolute Gasteiger partial charge is 0.451 e. The van der Waals surface area contributed by atoms with Crippen molar-refractivity contribution in [1.82, 2.24) is 0 Å². The molecule has 0 spiro atoms. The van der Waals surface area contributed by atoms with Gasteiger partial charge in [-0.15, -0.1) is 0 Å². The average molecular weight is 411 g/mol. The molecule has 0 amide bonds. The van der Waals surface area contributed by atoms with Gasteiger partial charge in [-0.05, 0) is 62.1 Å². The molecule has 3 aromatic carbocycles. The molecule has 2 heterocycles. The van der Waals surface area contributed by atoms with E-state index < -0.39 is 0 Å². The number of hydrogen-bond donors (Lipinski definition) is 0. The molecule has 0 saturated heterocycles. The Kier molecular flexibility index (Phi) is 3.74. The molecule has 0 fully saturated rings. The fourth-order valence-corrected chi connectivity index (χ4v) is 3.95. The summed E-state index contributed by atoms with van der Waals surface area (Å²) in [5.41, 5.74) is 5.70. The Morgan fingerprint density at radius 2 is 1.00 bits per heavy atom. The minimum Gasteiger partial charge on any atom is -0.451 e. The van der Waals surface area contributed by atoms with Crippen LogP contribution in [0.4, 0.5) is 11.4 Å². The van der Waals surface area contributed by atoms with Crippen molar-refractivity contribution in [3.8, 4) is 23.0 Å². The van der Waals surface area contributed by atoms with E-state index in [0.29, 0.717) is 55.1 Å². The van der Waals surface area contributed by atoms with Gasteiger partial charge in [0.15, 0.2) is 23.0 Å². The van der Waals surface area contributed by atoms with E-state index in [2.05, 4.69) is 0 Å². The second-order valence-corrected chi connectivity index (χ2v) is 7.88. The smallest absolute Gasteiger partial charge is 0.175 e. The van der Waals surface area contributed by atoms with Gasteiger partial charge in [-0.25, -0.2) is 9.98 Å². The summed E-state index contributed by atoms with van der Waals surface area (Å²) >= 11 is 13.4. The molecule has 140 valence electrons. The standard InChI is InChI=1S/C22H16Cl2N2O2/c1-9-5-7-13-19(11(9)3)27-21-15(23)18-22(16(24)17(21)25-13)28-20-12(4)10(2)6-8-14(20)26-18/h5-8H,1-4H3. The van der Waals surface area contributed by atoms with Gasteiger partial charge in [0.2, 0.25) is 0 Å². The van der Waals surface area contributed by atoms with Crippen LogP contribution in [0.2, 0.25) is 10.0 Å². The molecule has 2 aliphatic heterocycles. The zero-order chi connectivity index (χ0) is 19.7. The first-order chi connectivity index (χ1) is 13.4. The Bertz CT molecular complexity index is 1230. The molecule has 0 aliphatic carbocycles.